The fourth-order valence-electron chi connectivity index (χ4n) is 1.49. The third-order valence-corrected chi connectivity index (χ3v) is 3.14. The van der Waals surface area contributed by atoms with Crippen molar-refractivity contribution in [3.8, 4) is 6.07 Å². The fraction of sp³-hybridized carbons (Fsp3) is 0.154. The van der Waals surface area contributed by atoms with Gasteiger partial charge in [-0.2, -0.15) is 5.26 Å². The van der Waals surface area contributed by atoms with Crippen LogP contribution in [0.25, 0.3) is 0 Å². The highest BCUT2D eigenvalue weighted by Crippen LogP contribution is 2.27. The molecule has 0 aliphatic heterocycles. The van der Waals surface area contributed by atoms with Gasteiger partial charge in [0.1, 0.15) is 5.82 Å². The zero-order valence-corrected chi connectivity index (χ0v) is 10.8. The normalized spacial score (nSPS) is 10.1. The van der Waals surface area contributed by atoms with Gasteiger partial charge in [0.05, 0.1) is 16.5 Å². The van der Waals surface area contributed by atoms with Gasteiger partial charge < -0.3 is 0 Å². The van der Waals surface area contributed by atoms with E-state index in [4.69, 9.17) is 5.26 Å². The summed E-state index contributed by atoms with van der Waals surface area (Å²) >= 11 is 1.16. The number of nitriles is 1. The monoisotopic (exact) mass is 259 g/mol. The molecular formula is C13H10FN3S. The van der Waals surface area contributed by atoms with E-state index in [-0.39, 0.29) is 0 Å². The predicted octanol–water partition coefficient (Wildman–Crippen LogP) is 3.26. The Morgan fingerprint density at radius 1 is 1.17 bits per heavy atom. The van der Waals surface area contributed by atoms with Crippen molar-refractivity contribution in [1.29, 1.82) is 5.26 Å². The van der Waals surface area contributed by atoms with Gasteiger partial charge in [0.15, 0.2) is 5.16 Å². The number of aryl methyl sites for hydroxylation is 2. The molecule has 2 rings (SSSR count). The standard InChI is InChI=1S/C13H10FN3S/c1-8-5-9(2)17-13(16-8)18-12-4-3-10(7-15)6-11(12)14/h3-6H,1-2H3. The summed E-state index contributed by atoms with van der Waals surface area (Å²) in [6.07, 6.45) is 0. The van der Waals surface area contributed by atoms with E-state index in [1.165, 1.54) is 6.07 Å². The van der Waals surface area contributed by atoms with Gasteiger partial charge >= 0.3 is 0 Å². The maximum atomic E-state index is 13.7. The first-order valence-electron chi connectivity index (χ1n) is 5.28. The van der Waals surface area contributed by atoms with Crippen LogP contribution < -0.4 is 0 Å². The summed E-state index contributed by atoms with van der Waals surface area (Å²) in [4.78, 5) is 8.88. The van der Waals surface area contributed by atoms with E-state index in [1.807, 2.05) is 26.0 Å². The van der Waals surface area contributed by atoms with E-state index in [0.717, 1.165) is 23.1 Å². The van der Waals surface area contributed by atoms with Crippen molar-refractivity contribution in [2.24, 2.45) is 0 Å². The molecule has 0 amide bonds. The second-order valence-electron chi connectivity index (χ2n) is 3.79. The van der Waals surface area contributed by atoms with E-state index in [0.29, 0.717) is 15.6 Å². The summed E-state index contributed by atoms with van der Waals surface area (Å²) in [7, 11) is 0. The van der Waals surface area contributed by atoms with Gasteiger partial charge in [0.2, 0.25) is 0 Å². The van der Waals surface area contributed by atoms with Gasteiger partial charge in [-0.25, -0.2) is 14.4 Å². The van der Waals surface area contributed by atoms with E-state index in [1.54, 1.807) is 12.1 Å². The molecule has 0 N–H and O–H groups in total. The minimum absolute atomic E-state index is 0.304. The molecule has 0 radical (unpaired) electrons. The Morgan fingerprint density at radius 3 is 2.39 bits per heavy atom. The second-order valence-corrected chi connectivity index (χ2v) is 4.80. The molecule has 1 heterocycles. The molecule has 0 unspecified atom stereocenters. The molecule has 90 valence electrons. The van der Waals surface area contributed by atoms with Gasteiger partial charge in [-0.15, -0.1) is 0 Å². The maximum absolute atomic E-state index is 13.7. The number of hydrogen-bond acceptors (Lipinski definition) is 4. The van der Waals surface area contributed by atoms with Crippen LogP contribution >= 0.6 is 11.8 Å². The second kappa shape index (κ2) is 5.15. The van der Waals surface area contributed by atoms with Crippen LogP contribution in [0.1, 0.15) is 17.0 Å². The van der Waals surface area contributed by atoms with Crippen molar-refractivity contribution in [3.05, 3.63) is 47.0 Å². The van der Waals surface area contributed by atoms with E-state index in [2.05, 4.69) is 9.97 Å². The summed E-state index contributed by atoms with van der Waals surface area (Å²) in [6, 6.07) is 8.12. The van der Waals surface area contributed by atoms with E-state index in [9.17, 15) is 4.39 Å². The molecule has 0 bridgehead atoms. The van der Waals surface area contributed by atoms with Crippen molar-refractivity contribution in [3.63, 3.8) is 0 Å². The van der Waals surface area contributed by atoms with Crippen LogP contribution in [0.5, 0.6) is 0 Å². The summed E-state index contributed by atoms with van der Waals surface area (Å²) in [5.74, 6) is -0.429. The molecule has 18 heavy (non-hydrogen) atoms. The van der Waals surface area contributed by atoms with Gasteiger partial charge in [-0.05, 0) is 49.9 Å². The lowest BCUT2D eigenvalue weighted by atomic mass is 10.2. The quantitative estimate of drug-likeness (QED) is 0.777. The molecule has 0 fully saturated rings. The Hall–Kier alpha value is -1.93. The van der Waals surface area contributed by atoms with Gasteiger partial charge in [0.25, 0.3) is 0 Å². The van der Waals surface area contributed by atoms with Crippen molar-refractivity contribution >= 4 is 11.8 Å². The number of rotatable bonds is 2. The predicted molar refractivity (Wildman–Crippen MR) is 66.7 cm³/mol. The van der Waals surface area contributed by atoms with Gasteiger partial charge in [0, 0.05) is 11.4 Å². The van der Waals surface area contributed by atoms with Crippen LogP contribution in [0.15, 0.2) is 34.3 Å². The highest BCUT2D eigenvalue weighted by atomic mass is 32.2. The Bertz CT molecular complexity index is 614. The third kappa shape index (κ3) is 2.84. The Labute approximate surface area is 109 Å². The van der Waals surface area contributed by atoms with Crippen LogP contribution in [0.2, 0.25) is 0 Å². The first-order valence-corrected chi connectivity index (χ1v) is 6.10. The molecule has 0 atom stereocenters. The molecule has 1 aromatic heterocycles. The van der Waals surface area contributed by atoms with Crippen LogP contribution in [-0.4, -0.2) is 9.97 Å². The number of nitrogens with zero attached hydrogens (tertiary/aromatic N) is 3. The van der Waals surface area contributed by atoms with Gasteiger partial charge in [-0.3, -0.25) is 0 Å². The Kier molecular flexibility index (Phi) is 3.58. The fourth-order valence-corrected chi connectivity index (χ4v) is 2.36. The van der Waals surface area contributed by atoms with Crippen molar-refractivity contribution in [2.75, 3.05) is 0 Å². The third-order valence-electron chi connectivity index (χ3n) is 2.22. The Morgan fingerprint density at radius 2 is 1.83 bits per heavy atom. The maximum Gasteiger partial charge on any atom is 0.192 e. The number of benzene rings is 1. The molecule has 1 aromatic carbocycles. The van der Waals surface area contributed by atoms with Crippen LogP contribution in [0.3, 0.4) is 0 Å². The first-order chi connectivity index (χ1) is 8.58. The van der Waals surface area contributed by atoms with Crippen LogP contribution in [-0.2, 0) is 0 Å². The molecule has 3 nitrogen and oxygen atoms in total. The van der Waals surface area contributed by atoms with E-state index >= 15 is 0 Å². The number of hydrogen-bond donors (Lipinski definition) is 0. The minimum Gasteiger partial charge on any atom is -0.228 e. The molecule has 0 aliphatic rings. The molecule has 0 saturated heterocycles. The number of aromatic nitrogens is 2. The lowest BCUT2D eigenvalue weighted by molar-refractivity contribution is 0.601. The summed E-state index contributed by atoms with van der Waals surface area (Å²) in [5.41, 5.74) is 2.00. The Balaban J connectivity index is 2.31. The summed E-state index contributed by atoms with van der Waals surface area (Å²) in [6.45, 7) is 3.74. The van der Waals surface area contributed by atoms with Crippen LogP contribution in [0, 0.1) is 31.0 Å². The summed E-state index contributed by atoms with van der Waals surface area (Å²) < 4.78 is 13.7. The highest BCUT2D eigenvalue weighted by Gasteiger charge is 2.08. The molecule has 5 heteroatoms. The molecule has 2 aromatic rings. The van der Waals surface area contributed by atoms with Crippen molar-refractivity contribution in [2.45, 2.75) is 23.9 Å². The minimum atomic E-state index is -0.429. The molecular weight excluding hydrogens is 249 g/mol. The highest BCUT2D eigenvalue weighted by molar-refractivity contribution is 7.99. The lowest BCUT2D eigenvalue weighted by Crippen LogP contribution is -1.93. The lowest BCUT2D eigenvalue weighted by Gasteiger charge is -2.04. The smallest absolute Gasteiger partial charge is 0.192 e. The first kappa shape index (κ1) is 12.5. The average Bonchev–Trinajstić information content (AvgIpc) is 2.30. The zero-order chi connectivity index (χ0) is 13.1. The number of halogens is 1. The van der Waals surface area contributed by atoms with Gasteiger partial charge in [-0.1, -0.05) is 0 Å². The summed E-state index contributed by atoms with van der Waals surface area (Å²) in [5, 5.41) is 9.18. The van der Waals surface area contributed by atoms with Crippen LogP contribution in [0.4, 0.5) is 4.39 Å². The molecule has 0 aliphatic carbocycles. The zero-order valence-electron chi connectivity index (χ0n) is 9.94. The topological polar surface area (TPSA) is 49.6 Å². The van der Waals surface area contributed by atoms with E-state index < -0.39 is 5.82 Å². The van der Waals surface area contributed by atoms with Crippen molar-refractivity contribution in [1.82, 2.24) is 9.97 Å². The molecule has 0 spiro atoms. The largest absolute Gasteiger partial charge is 0.228 e. The molecule has 0 saturated carbocycles. The van der Waals surface area contributed by atoms with Crippen molar-refractivity contribution < 1.29 is 4.39 Å². The average molecular weight is 259 g/mol. The SMILES string of the molecule is Cc1cc(C)nc(Sc2ccc(C#N)cc2F)n1.